The van der Waals surface area contributed by atoms with Crippen LogP contribution in [0.3, 0.4) is 0 Å². The number of hydrogen-bond acceptors (Lipinski definition) is 3. The highest BCUT2D eigenvalue weighted by Gasteiger charge is 2.40. The topological polar surface area (TPSA) is 19.4 Å². The van der Waals surface area contributed by atoms with Crippen molar-refractivity contribution in [1.29, 1.82) is 0 Å². The molecular formula is C17H25N3. The number of fused-ring (bicyclic) bond motifs is 1. The lowest BCUT2D eigenvalue weighted by molar-refractivity contribution is 0.183. The lowest BCUT2D eigenvalue weighted by atomic mass is 9.85. The van der Waals surface area contributed by atoms with Crippen molar-refractivity contribution in [2.24, 2.45) is 17.8 Å². The van der Waals surface area contributed by atoms with Gasteiger partial charge in [-0.25, -0.2) is 0 Å². The first-order valence-corrected chi connectivity index (χ1v) is 8.21. The molecule has 1 aliphatic carbocycles. The zero-order chi connectivity index (χ0) is 13.4. The van der Waals surface area contributed by atoms with Crippen LogP contribution in [0.1, 0.15) is 25.0 Å². The highest BCUT2D eigenvalue weighted by molar-refractivity contribution is 5.04. The summed E-state index contributed by atoms with van der Waals surface area (Å²) in [6.45, 7) is 7.67. The molecule has 1 aromatic heterocycles. The maximum absolute atomic E-state index is 4.46. The highest BCUT2D eigenvalue weighted by atomic mass is 15.2. The molecule has 3 nitrogen and oxygen atoms in total. The molecule has 1 saturated carbocycles. The molecule has 0 amide bonds. The van der Waals surface area contributed by atoms with Gasteiger partial charge in [0, 0.05) is 45.5 Å². The van der Waals surface area contributed by atoms with Gasteiger partial charge >= 0.3 is 0 Å². The first-order valence-electron chi connectivity index (χ1n) is 8.21. The fraction of sp³-hybridized carbons (Fsp3) is 0.706. The zero-order valence-electron chi connectivity index (χ0n) is 12.2. The molecule has 4 rings (SSSR count). The minimum Gasteiger partial charge on any atom is -0.302 e. The fourth-order valence-electron chi connectivity index (χ4n) is 4.23. The first kappa shape index (κ1) is 12.8. The molecule has 0 spiro atoms. The molecule has 2 atom stereocenters. The second-order valence-corrected chi connectivity index (χ2v) is 7.05. The van der Waals surface area contributed by atoms with Crippen LogP contribution in [0.15, 0.2) is 24.4 Å². The van der Waals surface area contributed by atoms with Crippen molar-refractivity contribution in [3.05, 3.63) is 30.1 Å². The molecule has 3 heterocycles. The number of pyridine rings is 1. The Balaban J connectivity index is 1.28. The summed E-state index contributed by atoms with van der Waals surface area (Å²) >= 11 is 0. The van der Waals surface area contributed by atoms with Gasteiger partial charge in [-0.3, -0.25) is 9.88 Å². The second-order valence-electron chi connectivity index (χ2n) is 7.05. The molecule has 0 unspecified atom stereocenters. The van der Waals surface area contributed by atoms with Crippen molar-refractivity contribution in [2.45, 2.75) is 25.8 Å². The number of hydrogen-bond donors (Lipinski definition) is 0. The highest BCUT2D eigenvalue weighted by Crippen LogP contribution is 2.34. The van der Waals surface area contributed by atoms with Crippen molar-refractivity contribution in [3.8, 4) is 0 Å². The second kappa shape index (κ2) is 5.45. The van der Waals surface area contributed by atoms with Gasteiger partial charge in [0.05, 0.1) is 5.69 Å². The van der Waals surface area contributed by atoms with Crippen molar-refractivity contribution < 1.29 is 0 Å². The Hall–Kier alpha value is -0.930. The van der Waals surface area contributed by atoms with E-state index >= 15 is 0 Å². The van der Waals surface area contributed by atoms with Crippen LogP contribution < -0.4 is 0 Å². The van der Waals surface area contributed by atoms with E-state index in [2.05, 4.69) is 26.9 Å². The number of nitrogens with zero attached hydrogens (tertiary/aromatic N) is 3. The Labute approximate surface area is 122 Å². The Morgan fingerprint density at radius 3 is 2.35 bits per heavy atom. The third-order valence-electron chi connectivity index (χ3n) is 5.49. The molecule has 0 radical (unpaired) electrons. The Bertz CT molecular complexity index is 429. The van der Waals surface area contributed by atoms with Crippen LogP contribution in [0.5, 0.6) is 0 Å². The van der Waals surface area contributed by atoms with Gasteiger partial charge in [0.1, 0.15) is 0 Å². The van der Waals surface area contributed by atoms with Gasteiger partial charge in [-0.2, -0.15) is 0 Å². The van der Waals surface area contributed by atoms with Crippen LogP contribution in [0.4, 0.5) is 0 Å². The molecular weight excluding hydrogens is 246 g/mol. The van der Waals surface area contributed by atoms with Crippen molar-refractivity contribution in [1.82, 2.24) is 14.8 Å². The quantitative estimate of drug-likeness (QED) is 0.837. The van der Waals surface area contributed by atoms with Crippen molar-refractivity contribution >= 4 is 0 Å². The predicted molar refractivity (Wildman–Crippen MR) is 80.3 cm³/mol. The van der Waals surface area contributed by atoms with E-state index in [0.717, 1.165) is 24.3 Å². The minimum atomic E-state index is 0.916. The van der Waals surface area contributed by atoms with E-state index in [1.165, 1.54) is 57.7 Å². The number of aromatic nitrogens is 1. The molecule has 0 bridgehead atoms. The molecule has 3 aliphatic rings. The van der Waals surface area contributed by atoms with Crippen molar-refractivity contribution in [2.75, 3.05) is 32.7 Å². The molecule has 3 fully saturated rings. The SMILES string of the molecule is c1ccc(CN2C[C@@H]3CN(CC4CCC4)C[C@@H]3C2)nc1. The normalized spacial score (nSPS) is 31.4. The van der Waals surface area contributed by atoms with Gasteiger partial charge in [0.25, 0.3) is 0 Å². The minimum absolute atomic E-state index is 0.916. The molecule has 0 N–H and O–H groups in total. The zero-order valence-corrected chi connectivity index (χ0v) is 12.2. The van der Waals surface area contributed by atoms with Crippen LogP contribution in [-0.2, 0) is 6.54 Å². The summed E-state index contributed by atoms with van der Waals surface area (Å²) in [5.74, 6) is 2.86. The monoisotopic (exact) mass is 271 g/mol. The van der Waals surface area contributed by atoms with Crippen LogP contribution >= 0.6 is 0 Å². The first-order chi connectivity index (χ1) is 9.87. The van der Waals surface area contributed by atoms with Crippen LogP contribution in [0.25, 0.3) is 0 Å². The van der Waals surface area contributed by atoms with E-state index in [0.29, 0.717) is 0 Å². The molecule has 108 valence electrons. The summed E-state index contributed by atoms with van der Waals surface area (Å²) in [6, 6.07) is 6.25. The lowest BCUT2D eigenvalue weighted by Crippen LogP contribution is -2.34. The maximum Gasteiger partial charge on any atom is 0.0543 e. The van der Waals surface area contributed by atoms with E-state index in [-0.39, 0.29) is 0 Å². The molecule has 20 heavy (non-hydrogen) atoms. The summed E-state index contributed by atoms with van der Waals surface area (Å²) < 4.78 is 0. The fourth-order valence-corrected chi connectivity index (χ4v) is 4.23. The molecule has 1 aromatic rings. The molecule has 3 heteroatoms. The van der Waals surface area contributed by atoms with Gasteiger partial charge in [-0.05, 0) is 42.7 Å². The summed E-state index contributed by atoms with van der Waals surface area (Å²) in [5, 5.41) is 0. The number of likely N-dealkylation sites (tertiary alicyclic amines) is 2. The smallest absolute Gasteiger partial charge is 0.0543 e. The summed E-state index contributed by atoms with van der Waals surface area (Å²) in [7, 11) is 0. The Morgan fingerprint density at radius 1 is 1.00 bits per heavy atom. The van der Waals surface area contributed by atoms with Crippen LogP contribution in [-0.4, -0.2) is 47.5 Å². The van der Waals surface area contributed by atoms with Gasteiger partial charge in [0.15, 0.2) is 0 Å². The van der Waals surface area contributed by atoms with Gasteiger partial charge < -0.3 is 4.90 Å². The number of rotatable bonds is 4. The maximum atomic E-state index is 4.46. The third kappa shape index (κ3) is 2.61. The van der Waals surface area contributed by atoms with Gasteiger partial charge in [-0.15, -0.1) is 0 Å². The average Bonchev–Trinajstić information content (AvgIpc) is 2.93. The Morgan fingerprint density at radius 2 is 1.75 bits per heavy atom. The standard InChI is InChI=1S/C17H25N3/c1-2-7-18-17(6-1)13-20-11-15-9-19(10-16(15)12-20)8-14-4-3-5-14/h1-2,6-7,14-16H,3-5,8-13H2/t15-,16+. The molecule has 2 aliphatic heterocycles. The van der Waals surface area contributed by atoms with Crippen molar-refractivity contribution in [3.63, 3.8) is 0 Å². The Kier molecular flexibility index (Phi) is 3.49. The average molecular weight is 271 g/mol. The summed E-state index contributed by atoms with van der Waals surface area (Å²) in [4.78, 5) is 9.81. The van der Waals surface area contributed by atoms with Crippen LogP contribution in [0.2, 0.25) is 0 Å². The van der Waals surface area contributed by atoms with Gasteiger partial charge in [0.2, 0.25) is 0 Å². The van der Waals surface area contributed by atoms with E-state index in [1.54, 1.807) is 0 Å². The van der Waals surface area contributed by atoms with Crippen LogP contribution in [0, 0.1) is 17.8 Å². The summed E-state index contributed by atoms with van der Waals surface area (Å²) in [6.07, 6.45) is 6.35. The van der Waals surface area contributed by atoms with E-state index in [4.69, 9.17) is 0 Å². The largest absolute Gasteiger partial charge is 0.302 e. The van der Waals surface area contributed by atoms with E-state index in [1.807, 2.05) is 12.3 Å². The van der Waals surface area contributed by atoms with E-state index < -0.39 is 0 Å². The third-order valence-corrected chi connectivity index (χ3v) is 5.49. The lowest BCUT2D eigenvalue weighted by Gasteiger charge is -2.30. The summed E-state index contributed by atoms with van der Waals surface area (Å²) in [5.41, 5.74) is 1.22. The predicted octanol–water partition coefficient (Wildman–Crippen LogP) is 2.25. The van der Waals surface area contributed by atoms with E-state index in [9.17, 15) is 0 Å². The van der Waals surface area contributed by atoms with Gasteiger partial charge in [-0.1, -0.05) is 12.5 Å². The molecule has 0 aromatic carbocycles. The molecule has 2 saturated heterocycles.